The summed E-state index contributed by atoms with van der Waals surface area (Å²) in [5.74, 6) is 0.00184. The Morgan fingerprint density at radius 2 is 2.00 bits per heavy atom. The van der Waals surface area contributed by atoms with E-state index in [4.69, 9.17) is 5.26 Å². The van der Waals surface area contributed by atoms with Gasteiger partial charge in [0.05, 0.1) is 17.7 Å². The van der Waals surface area contributed by atoms with Gasteiger partial charge in [0.15, 0.2) is 0 Å². The van der Waals surface area contributed by atoms with E-state index in [1.54, 1.807) is 18.2 Å². The number of carbonyl (C=O) groups is 1. The number of carbonyl (C=O) groups excluding carboxylic acids is 1. The van der Waals surface area contributed by atoms with Gasteiger partial charge in [-0.25, -0.2) is 0 Å². The quantitative estimate of drug-likeness (QED) is 0.919. The van der Waals surface area contributed by atoms with Crippen LogP contribution in [0, 0.1) is 11.3 Å². The fourth-order valence-electron chi connectivity index (χ4n) is 2.56. The normalized spacial score (nSPS) is 17.8. The molecule has 1 aliphatic heterocycles. The molecule has 1 N–H and O–H groups in total. The topological polar surface area (TPSA) is 56.1 Å². The molecule has 106 valence electrons. The zero-order chi connectivity index (χ0) is 14.4. The first-order valence-corrected chi connectivity index (χ1v) is 7.26. The van der Waals surface area contributed by atoms with Crippen LogP contribution in [0.3, 0.4) is 0 Å². The molecular formula is C16H21N3O. The van der Waals surface area contributed by atoms with E-state index in [0.717, 1.165) is 13.1 Å². The van der Waals surface area contributed by atoms with Crippen molar-refractivity contribution in [2.24, 2.45) is 0 Å². The lowest BCUT2D eigenvalue weighted by molar-refractivity contribution is -0.120. The van der Waals surface area contributed by atoms with Crippen molar-refractivity contribution in [3.8, 4) is 6.07 Å². The number of benzene rings is 1. The van der Waals surface area contributed by atoms with Crippen LogP contribution in [0.15, 0.2) is 24.3 Å². The SMILES string of the molecule is C[C@H](C(=O)Nc1cccc(C#N)c1)N1CCCCCC1. The molecule has 4 heteroatoms. The van der Waals surface area contributed by atoms with Gasteiger partial charge in [-0.05, 0) is 51.1 Å². The second-order valence-electron chi connectivity index (χ2n) is 5.31. The average molecular weight is 271 g/mol. The first kappa shape index (κ1) is 14.5. The van der Waals surface area contributed by atoms with E-state index in [-0.39, 0.29) is 11.9 Å². The van der Waals surface area contributed by atoms with Crippen molar-refractivity contribution in [2.75, 3.05) is 18.4 Å². The molecule has 0 aromatic heterocycles. The van der Waals surface area contributed by atoms with E-state index in [1.165, 1.54) is 25.7 Å². The number of nitriles is 1. The van der Waals surface area contributed by atoms with Crippen molar-refractivity contribution < 1.29 is 4.79 Å². The van der Waals surface area contributed by atoms with Gasteiger partial charge < -0.3 is 5.32 Å². The van der Waals surface area contributed by atoms with E-state index in [1.807, 2.05) is 13.0 Å². The van der Waals surface area contributed by atoms with Gasteiger partial charge in [-0.3, -0.25) is 9.69 Å². The average Bonchev–Trinajstić information content (AvgIpc) is 2.75. The van der Waals surface area contributed by atoms with Crippen LogP contribution < -0.4 is 5.32 Å². The molecule has 0 saturated carbocycles. The van der Waals surface area contributed by atoms with Crippen LogP contribution in [0.4, 0.5) is 5.69 Å². The summed E-state index contributed by atoms with van der Waals surface area (Å²) in [4.78, 5) is 14.5. The molecule has 0 unspecified atom stereocenters. The van der Waals surface area contributed by atoms with Crippen molar-refractivity contribution in [1.82, 2.24) is 4.90 Å². The Morgan fingerprint density at radius 3 is 2.65 bits per heavy atom. The lowest BCUT2D eigenvalue weighted by atomic mass is 10.2. The van der Waals surface area contributed by atoms with E-state index in [2.05, 4.69) is 16.3 Å². The molecular weight excluding hydrogens is 250 g/mol. The summed E-state index contributed by atoms with van der Waals surface area (Å²) in [7, 11) is 0. The predicted molar refractivity (Wildman–Crippen MR) is 79.3 cm³/mol. The predicted octanol–water partition coefficient (Wildman–Crippen LogP) is 2.76. The molecule has 0 bridgehead atoms. The van der Waals surface area contributed by atoms with E-state index >= 15 is 0 Å². The molecule has 0 radical (unpaired) electrons. The molecule has 1 saturated heterocycles. The first-order valence-electron chi connectivity index (χ1n) is 7.26. The third-order valence-electron chi connectivity index (χ3n) is 3.83. The Hall–Kier alpha value is -1.86. The lowest BCUT2D eigenvalue weighted by Gasteiger charge is -2.26. The summed E-state index contributed by atoms with van der Waals surface area (Å²) >= 11 is 0. The number of hydrogen-bond donors (Lipinski definition) is 1. The third kappa shape index (κ3) is 3.82. The van der Waals surface area contributed by atoms with Crippen molar-refractivity contribution in [2.45, 2.75) is 38.6 Å². The monoisotopic (exact) mass is 271 g/mol. The zero-order valence-electron chi connectivity index (χ0n) is 11.9. The number of anilines is 1. The first-order chi connectivity index (χ1) is 9.70. The van der Waals surface area contributed by atoms with Gasteiger partial charge in [0.25, 0.3) is 0 Å². The molecule has 1 heterocycles. The number of nitrogens with one attached hydrogen (secondary N) is 1. The highest BCUT2D eigenvalue weighted by molar-refractivity contribution is 5.94. The zero-order valence-corrected chi connectivity index (χ0v) is 11.9. The Bertz CT molecular complexity index is 499. The van der Waals surface area contributed by atoms with Crippen LogP contribution in [0.1, 0.15) is 38.2 Å². The highest BCUT2D eigenvalue weighted by Crippen LogP contribution is 2.15. The van der Waals surface area contributed by atoms with Gasteiger partial charge >= 0.3 is 0 Å². The van der Waals surface area contributed by atoms with Gasteiger partial charge in [-0.15, -0.1) is 0 Å². The minimum atomic E-state index is -0.126. The summed E-state index contributed by atoms with van der Waals surface area (Å²) in [6.45, 7) is 3.94. The van der Waals surface area contributed by atoms with E-state index in [0.29, 0.717) is 11.3 Å². The summed E-state index contributed by atoms with van der Waals surface area (Å²) < 4.78 is 0. The van der Waals surface area contributed by atoms with E-state index < -0.39 is 0 Å². The molecule has 0 spiro atoms. The summed E-state index contributed by atoms with van der Waals surface area (Å²) in [5.41, 5.74) is 1.25. The molecule has 1 atom stereocenters. The smallest absolute Gasteiger partial charge is 0.241 e. The fourth-order valence-corrected chi connectivity index (χ4v) is 2.56. The number of nitrogens with zero attached hydrogens (tertiary/aromatic N) is 2. The van der Waals surface area contributed by atoms with Crippen molar-refractivity contribution in [1.29, 1.82) is 5.26 Å². The Labute approximate surface area is 120 Å². The molecule has 0 aliphatic carbocycles. The molecule has 1 aromatic rings. The molecule has 1 aliphatic rings. The fraction of sp³-hybridized carbons (Fsp3) is 0.500. The molecule has 2 rings (SSSR count). The largest absolute Gasteiger partial charge is 0.325 e. The molecule has 20 heavy (non-hydrogen) atoms. The molecule has 1 aromatic carbocycles. The summed E-state index contributed by atoms with van der Waals surface area (Å²) in [6, 6.07) is 8.98. The number of amides is 1. The maximum Gasteiger partial charge on any atom is 0.241 e. The van der Waals surface area contributed by atoms with Gasteiger partial charge in [0.2, 0.25) is 5.91 Å². The maximum absolute atomic E-state index is 12.3. The van der Waals surface area contributed by atoms with Gasteiger partial charge in [-0.2, -0.15) is 5.26 Å². The number of hydrogen-bond acceptors (Lipinski definition) is 3. The second-order valence-corrected chi connectivity index (χ2v) is 5.31. The van der Waals surface area contributed by atoms with Crippen LogP contribution in [0.5, 0.6) is 0 Å². The number of rotatable bonds is 3. The summed E-state index contributed by atoms with van der Waals surface area (Å²) in [5, 5.41) is 11.8. The van der Waals surface area contributed by atoms with E-state index in [9.17, 15) is 4.79 Å². The van der Waals surface area contributed by atoms with Crippen molar-refractivity contribution in [3.63, 3.8) is 0 Å². The number of likely N-dealkylation sites (tertiary alicyclic amines) is 1. The highest BCUT2D eigenvalue weighted by atomic mass is 16.2. The van der Waals surface area contributed by atoms with Crippen LogP contribution in [-0.4, -0.2) is 29.9 Å². The minimum absolute atomic E-state index is 0.00184. The van der Waals surface area contributed by atoms with Crippen LogP contribution in [0.25, 0.3) is 0 Å². The van der Waals surface area contributed by atoms with Crippen LogP contribution in [0.2, 0.25) is 0 Å². The molecule has 1 fully saturated rings. The van der Waals surface area contributed by atoms with Crippen molar-refractivity contribution in [3.05, 3.63) is 29.8 Å². The molecule has 1 amide bonds. The standard InChI is InChI=1S/C16H21N3O/c1-13(19-9-4-2-3-5-10-19)16(20)18-15-8-6-7-14(11-15)12-17/h6-8,11,13H,2-5,9-10H2,1H3,(H,18,20)/t13-/m1/s1. The van der Waals surface area contributed by atoms with Crippen molar-refractivity contribution >= 4 is 11.6 Å². The van der Waals surface area contributed by atoms with Gasteiger partial charge in [-0.1, -0.05) is 18.9 Å². The Kier molecular flexibility index (Phi) is 5.14. The third-order valence-corrected chi connectivity index (χ3v) is 3.83. The second kappa shape index (κ2) is 7.06. The molecule has 4 nitrogen and oxygen atoms in total. The van der Waals surface area contributed by atoms with Crippen LogP contribution in [-0.2, 0) is 4.79 Å². The van der Waals surface area contributed by atoms with Gasteiger partial charge in [0, 0.05) is 5.69 Å². The summed E-state index contributed by atoms with van der Waals surface area (Å²) in [6.07, 6.45) is 4.85. The lowest BCUT2D eigenvalue weighted by Crippen LogP contribution is -2.42. The van der Waals surface area contributed by atoms with Gasteiger partial charge in [0.1, 0.15) is 0 Å². The Morgan fingerprint density at radius 1 is 1.30 bits per heavy atom. The maximum atomic E-state index is 12.3. The minimum Gasteiger partial charge on any atom is -0.325 e. The highest BCUT2D eigenvalue weighted by Gasteiger charge is 2.22. The Balaban J connectivity index is 1.97. The van der Waals surface area contributed by atoms with Crippen LogP contribution >= 0.6 is 0 Å².